The molecule has 4 aromatic carbocycles. The van der Waals surface area contributed by atoms with Gasteiger partial charge in [0.1, 0.15) is 11.5 Å². The van der Waals surface area contributed by atoms with E-state index >= 15 is 0 Å². The fraction of sp³-hybridized carbons (Fsp3) is 0.194. The van der Waals surface area contributed by atoms with Gasteiger partial charge in [-0.3, -0.25) is 4.79 Å². The highest BCUT2D eigenvalue weighted by molar-refractivity contribution is 6.18. The van der Waals surface area contributed by atoms with Crippen molar-refractivity contribution in [1.29, 1.82) is 0 Å². The monoisotopic (exact) mass is 462 g/mol. The maximum Gasteiger partial charge on any atom is 0.249 e. The number of aryl methyl sites for hydroxylation is 1. The van der Waals surface area contributed by atoms with Gasteiger partial charge in [-0.2, -0.15) is 0 Å². The van der Waals surface area contributed by atoms with Crippen molar-refractivity contribution in [3.8, 4) is 11.5 Å². The summed E-state index contributed by atoms with van der Waals surface area (Å²) in [5.41, 5.74) is 11.0. The number of para-hydroxylation sites is 1. The van der Waals surface area contributed by atoms with Crippen LogP contribution in [0.5, 0.6) is 11.5 Å². The fourth-order valence-corrected chi connectivity index (χ4v) is 4.77. The van der Waals surface area contributed by atoms with Gasteiger partial charge in [0, 0.05) is 28.4 Å². The largest absolute Gasteiger partial charge is 0.457 e. The van der Waals surface area contributed by atoms with Crippen LogP contribution in [-0.4, -0.2) is 10.5 Å². The van der Waals surface area contributed by atoms with E-state index in [0.717, 1.165) is 45.3 Å². The lowest BCUT2D eigenvalue weighted by molar-refractivity contribution is 0.100. The third-order valence-electron chi connectivity index (χ3n) is 6.53. The maximum atomic E-state index is 12.3. The Bertz CT molecular complexity index is 1470. The first kappa shape index (κ1) is 22.7. The highest BCUT2D eigenvalue weighted by atomic mass is 16.5. The first-order chi connectivity index (χ1) is 17.1. The molecule has 1 heterocycles. The van der Waals surface area contributed by atoms with Gasteiger partial charge in [0.25, 0.3) is 0 Å². The molecule has 5 aromatic rings. The lowest BCUT2D eigenvalue weighted by Crippen LogP contribution is -2.11. The number of aromatic nitrogens is 1. The smallest absolute Gasteiger partial charge is 0.249 e. The number of rotatable bonds is 9. The summed E-state index contributed by atoms with van der Waals surface area (Å²) in [5, 5.41) is 2.00. The van der Waals surface area contributed by atoms with Gasteiger partial charge in [-0.15, -0.1) is 0 Å². The number of amides is 1. The number of fused-ring (bicyclic) bond motifs is 3. The van der Waals surface area contributed by atoms with E-state index < -0.39 is 5.91 Å². The molecular weight excluding hydrogens is 432 g/mol. The van der Waals surface area contributed by atoms with Crippen LogP contribution in [-0.2, 0) is 13.0 Å². The molecule has 0 aliphatic carbocycles. The van der Waals surface area contributed by atoms with E-state index in [9.17, 15) is 4.79 Å². The number of carbonyl (C=O) groups is 1. The van der Waals surface area contributed by atoms with Crippen molar-refractivity contribution in [3.05, 3.63) is 108 Å². The van der Waals surface area contributed by atoms with E-state index in [1.54, 1.807) is 0 Å². The second kappa shape index (κ2) is 10.1. The fourth-order valence-electron chi connectivity index (χ4n) is 4.77. The third kappa shape index (κ3) is 4.78. The van der Waals surface area contributed by atoms with Crippen molar-refractivity contribution in [1.82, 2.24) is 4.57 Å². The molecule has 1 amide bonds. The SMILES string of the molecule is CCCCCc1ccc2c3c(C(N)=O)cccc3n(Cc3ccc(Oc4ccccc4)cc3)c2c1. The van der Waals surface area contributed by atoms with Crippen LogP contribution in [0.2, 0.25) is 0 Å². The van der Waals surface area contributed by atoms with Crippen LogP contribution in [0.3, 0.4) is 0 Å². The van der Waals surface area contributed by atoms with Gasteiger partial charge in [0.2, 0.25) is 5.91 Å². The molecule has 2 N–H and O–H groups in total. The number of carbonyl (C=O) groups excluding carboxylic acids is 1. The molecule has 0 saturated heterocycles. The Morgan fingerprint density at radius 2 is 1.54 bits per heavy atom. The van der Waals surface area contributed by atoms with E-state index in [-0.39, 0.29) is 0 Å². The molecule has 0 fully saturated rings. The number of primary amides is 1. The average molecular weight is 463 g/mol. The predicted molar refractivity (Wildman–Crippen MR) is 143 cm³/mol. The van der Waals surface area contributed by atoms with Gasteiger partial charge in [0.05, 0.1) is 5.52 Å². The Hall–Kier alpha value is -4.05. The number of unbranched alkanes of at least 4 members (excludes halogenated alkanes) is 2. The Labute approximate surface area is 205 Å². The van der Waals surface area contributed by atoms with Gasteiger partial charge in [-0.1, -0.05) is 68.3 Å². The van der Waals surface area contributed by atoms with Crippen molar-refractivity contribution in [3.63, 3.8) is 0 Å². The van der Waals surface area contributed by atoms with Gasteiger partial charge < -0.3 is 15.0 Å². The molecule has 0 spiro atoms. The number of hydrogen-bond acceptors (Lipinski definition) is 2. The van der Waals surface area contributed by atoms with Crippen LogP contribution in [0, 0.1) is 0 Å². The summed E-state index contributed by atoms with van der Waals surface area (Å²) >= 11 is 0. The summed E-state index contributed by atoms with van der Waals surface area (Å²) in [6.07, 6.45) is 4.66. The number of nitrogens with zero attached hydrogens (tertiary/aromatic N) is 1. The Kier molecular flexibility index (Phi) is 6.53. The molecule has 35 heavy (non-hydrogen) atoms. The lowest BCUT2D eigenvalue weighted by atomic mass is 10.0. The summed E-state index contributed by atoms with van der Waals surface area (Å²) < 4.78 is 8.25. The normalized spacial score (nSPS) is 11.2. The molecule has 5 rings (SSSR count). The van der Waals surface area contributed by atoms with Crippen molar-refractivity contribution in [2.75, 3.05) is 0 Å². The topological polar surface area (TPSA) is 57.2 Å². The number of hydrogen-bond donors (Lipinski definition) is 1. The molecule has 0 bridgehead atoms. The minimum Gasteiger partial charge on any atom is -0.457 e. The summed E-state index contributed by atoms with van der Waals surface area (Å²) in [7, 11) is 0. The van der Waals surface area contributed by atoms with Crippen molar-refractivity contribution in [2.24, 2.45) is 5.73 Å². The van der Waals surface area contributed by atoms with E-state index in [4.69, 9.17) is 10.5 Å². The molecule has 176 valence electrons. The Balaban J connectivity index is 1.53. The van der Waals surface area contributed by atoms with E-state index in [1.807, 2.05) is 54.6 Å². The zero-order valence-corrected chi connectivity index (χ0v) is 20.0. The molecule has 0 unspecified atom stereocenters. The van der Waals surface area contributed by atoms with Gasteiger partial charge in [0.15, 0.2) is 0 Å². The molecule has 0 aliphatic rings. The second-order valence-corrected chi connectivity index (χ2v) is 9.02. The standard InChI is InChI=1S/C31H30N2O2/c1-2-3-5-9-22-16-19-26-29(20-22)33(28-13-8-12-27(30(26)28)31(32)34)21-23-14-17-25(18-15-23)35-24-10-6-4-7-11-24/h4,6-8,10-20H,2-3,5,9,21H2,1H3,(H2,32,34). The summed E-state index contributed by atoms with van der Waals surface area (Å²) in [4.78, 5) is 12.3. The molecule has 0 radical (unpaired) electrons. The van der Waals surface area contributed by atoms with Crippen molar-refractivity contribution < 1.29 is 9.53 Å². The highest BCUT2D eigenvalue weighted by Gasteiger charge is 2.17. The van der Waals surface area contributed by atoms with E-state index in [1.165, 1.54) is 24.8 Å². The van der Waals surface area contributed by atoms with E-state index in [0.29, 0.717) is 12.1 Å². The number of benzene rings is 4. The lowest BCUT2D eigenvalue weighted by Gasteiger charge is -2.11. The first-order valence-corrected chi connectivity index (χ1v) is 12.3. The average Bonchev–Trinajstić information content (AvgIpc) is 3.19. The van der Waals surface area contributed by atoms with Crippen LogP contribution in [0.25, 0.3) is 21.8 Å². The van der Waals surface area contributed by atoms with Gasteiger partial charge in [-0.05, 0) is 66.4 Å². The molecule has 1 aromatic heterocycles. The summed E-state index contributed by atoms with van der Waals surface area (Å²) in [5.74, 6) is 1.22. The van der Waals surface area contributed by atoms with Crippen LogP contribution in [0.15, 0.2) is 91.0 Å². The van der Waals surface area contributed by atoms with Crippen LogP contribution < -0.4 is 10.5 Å². The zero-order chi connectivity index (χ0) is 24.2. The Morgan fingerprint density at radius 3 is 2.29 bits per heavy atom. The molecule has 0 saturated carbocycles. The zero-order valence-electron chi connectivity index (χ0n) is 20.0. The maximum absolute atomic E-state index is 12.3. The van der Waals surface area contributed by atoms with Crippen molar-refractivity contribution >= 4 is 27.7 Å². The third-order valence-corrected chi connectivity index (χ3v) is 6.53. The molecule has 0 atom stereocenters. The molecule has 4 heteroatoms. The first-order valence-electron chi connectivity index (χ1n) is 12.3. The van der Waals surface area contributed by atoms with Crippen LogP contribution >= 0.6 is 0 Å². The van der Waals surface area contributed by atoms with Crippen LogP contribution in [0.1, 0.15) is 47.7 Å². The second-order valence-electron chi connectivity index (χ2n) is 9.02. The molecule has 4 nitrogen and oxygen atoms in total. The Morgan fingerprint density at radius 1 is 0.800 bits per heavy atom. The predicted octanol–water partition coefficient (Wildman–Crippen LogP) is 7.47. The summed E-state index contributed by atoms with van der Waals surface area (Å²) in [6.45, 7) is 2.91. The van der Waals surface area contributed by atoms with Crippen molar-refractivity contribution in [2.45, 2.75) is 39.2 Å². The minimum atomic E-state index is -0.399. The highest BCUT2D eigenvalue weighted by Crippen LogP contribution is 2.33. The number of ether oxygens (including phenoxy) is 1. The number of nitrogens with two attached hydrogens (primary N) is 1. The minimum absolute atomic E-state index is 0.399. The molecule has 0 aliphatic heterocycles. The van der Waals surface area contributed by atoms with Gasteiger partial charge >= 0.3 is 0 Å². The van der Waals surface area contributed by atoms with E-state index in [2.05, 4.69) is 47.9 Å². The summed E-state index contributed by atoms with van der Waals surface area (Å²) in [6, 6.07) is 30.4. The quantitative estimate of drug-likeness (QED) is 0.231. The van der Waals surface area contributed by atoms with Gasteiger partial charge in [-0.25, -0.2) is 0 Å². The van der Waals surface area contributed by atoms with Crippen LogP contribution in [0.4, 0.5) is 0 Å². The molecular formula is C31H30N2O2.